The molecule has 0 bridgehead atoms. The number of aromatic nitrogens is 4. The average molecular weight is 454 g/mol. The lowest BCUT2D eigenvalue weighted by atomic mass is 9.98. The standard InChI is InChI=1S/C20H19ClF3N5O2/c1-10-3-4-12(14(7-10)20(22,23)24)11(2)29-15-5-6-28(9-13(15)18(30)27-29)16-8-25-26-19(31)17(16)21/h3-4,7-8,11H,5-6,9H2,1-2H3,(H,26,31)(H,27,30)/t11-/m1/s1. The molecule has 2 N–H and O–H groups in total. The summed E-state index contributed by atoms with van der Waals surface area (Å²) in [4.78, 5) is 26.1. The Kier molecular flexibility index (Phi) is 5.20. The third-order valence-electron chi connectivity index (χ3n) is 5.57. The minimum atomic E-state index is -4.51. The maximum atomic E-state index is 13.6. The molecule has 2 aromatic heterocycles. The van der Waals surface area contributed by atoms with Gasteiger partial charge in [0, 0.05) is 18.7 Å². The lowest BCUT2D eigenvalue weighted by Gasteiger charge is -2.30. The van der Waals surface area contributed by atoms with Crippen LogP contribution in [-0.4, -0.2) is 26.5 Å². The third kappa shape index (κ3) is 3.76. The molecular formula is C20H19ClF3N5O2. The van der Waals surface area contributed by atoms with Crippen LogP contribution in [0.2, 0.25) is 5.02 Å². The molecule has 0 saturated carbocycles. The summed E-state index contributed by atoms with van der Waals surface area (Å²) in [6.45, 7) is 3.81. The number of alkyl halides is 3. The van der Waals surface area contributed by atoms with E-state index in [0.29, 0.717) is 35.5 Å². The van der Waals surface area contributed by atoms with E-state index in [4.69, 9.17) is 11.6 Å². The van der Waals surface area contributed by atoms with Crippen molar-refractivity contribution in [1.82, 2.24) is 20.0 Å². The predicted octanol–water partition coefficient (Wildman–Crippen LogP) is 3.41. The first-order valence-corrected chi connectivity index (χ1v) is 9.94. The number of benzene rings is 1. The number of rotatable bonds is 3. The highest BCUT2D eigenvalue weighted by Gasteiger charge is 2.36. The van der Waals surface area contributed by atoms with Crippen LogP contribution in [0.1, 0.15) is 40.9 Å². The summed E-state index contributed by atoms with van der Waals surface area (Å²) in [6.07, 6.45) is -2.72. The molecule has 164 valence electrons. The molecule has 0 saturated heterocycles. The van der Waals surface area contributed by atoms with Crippen LogP contribution in [0.15, 0.2) is 34.0 Å². The van der Waals surface area contributed by atoms with Gasteiger partial charge in [0.25, 0.3) is 11.1 Å². The van der Waals surface area contributed by atoms with Crippen molar-refractivity contribution in [2.24, 2.45) is 0 Å². The zero-order valence-electron chi connectivity index (χ0n) is 16.7. The second-order valence-corrected chi connectivity index (χ2v) is 7.95. The number of aryl methyl sites for hydroxylation is 1. The lowest BCUT2D eigenvalue weighted by molar-refractivity contribution is -0.138. The number of nitrogens with zero attached hydrogens (tertiary/aromatic N) is 3. The molecule has 0 radical (unpaired) electrons. The van der Waals surface area contributed by atoms with Gasteiger partial charge in [0.15, 0.2) is 0 Å². The third-order valence-corrected chi connectivity index (χ3v) is 5.94. The van der Waals surface area contributed by atoms with Crippen molar-refractivity contribution in [3.63, 3.8) is 0 Å². The van der Waals surface area contributed by atoms with Gasteiger partial charge >= 0.3 is 6.18 Å². The molecule has 0 spiro atoms. The van der Waals surface area contributed by atoms with Crippen LogP contribution < -0.4 is 16.0 Å². The number of hydrogen-bond donors (Lipinski definition) is 2. The molecule has 7 nitrogen and oxygen atoms in total. The summed E-state index contributed by atoms with van der Waals surface area (Å²) in [5.74, 6) is 0. The van der Waals surface area contributed by atoms with Gasteiger partial charge in [-0.1, -0.05) is 29.3 Å². The maximum absolute atomic E-state index is 13.6. The monoisotopic (exact) mass is 453 g/mol. The second kappa shape index (κ2) is 7.60. The SMILES string of the molecule is Cc1ccc([C@@H](C)n2[nH]c(=O)c3c2CCN(c2cn[nH]c(=O)c2Cl)C3)c(C(F)(F)F)c1. The summed E-state index contributed by atoms with van der Waals surface area (Å²) < 4.78 is 42.4. The van der Waals surface area contributed by atoms with E-state index in [1.165, 1.54) is 16.9 Å². The first-order chi connectivity index (χ1) is 14.6. The molecule has 11 heteroatoms. The smallest absolute Gasteiger partial charge is 0.364 e. The van der Waals surface area contributed by atoms with E-state index in [1.54, 1.807) is 24.8 Å². The Morgan fingerprint density at radius 2 is 1.97 bits per heavy atom. The van der Waals surface area contributed by atoms with E-state index in [1.807, 2.05) is 0 Å². The molecule has 31 heavy (non-hydrogen) atoms. The van der Waals surface area contributed by atoms with E-state index >= 15 is 0 Å². The quantitative estimate of drug-likeness (QED) is 0.636. The van der Waals surface area contributed by atoms with Crippen molar-refractivity contribution in [1.29, 1.82) is 0 Å². The van der Waals surface area contributed by atoms with Crippen LogP contribution >= 0.6 is 11.6 Å². The van der Waals surface area contributed by atoms with Crippen molar-refractivity contribution in [3.8, 4) is 0 Å². The Balaban J connectivity index is 1.73. The van der Waals surface area contributed by atoms with Crippen molar-refractivity contribution in [2.45, 2.75) is 39.0 Å². The number of nitrogens with one attached hydrogen (secondary N) is 2. The number of aromatic amines is 2. The molecule has 3 aromatic rings. The first kappa shape index (κ1) is 21.2. The average Bonchev–Trinajstić information content (AvgIpc) is 3.05. The molecular weight excluding hydrogens is 435 g/mol. The number of H-pyrrole nitrogens is 2. The van der Waals surface area contributed by atoms with Crippen LogP contribution in [0.5, 0.6) is 0 Å². The van der Waals surface area contributed by atoms with Crippen molar-refractivity contribution in [2.75, 3.05) is 11.4 Å². The van der Waals surface area contributed by atoms with Crippen LogP contribution in [0.3, 0.4) is 0 Å². The van der Waals surface area contributed by atoms with E-state index < -0.39 is 23.3 Å². The minimum absolute atomic E-state index is 0.0304. The molecule has 3 heterocycles. The Morgan fingerprint density at radius 1 is 1.23 bits per heavy atom. The van der Waals surface area contributed by atoms with Crippen LogP contribution in [-0.2, 0) is 19.1 Å². The maximum Gasteiger partial charge on any atom is 0.416 e. The molecule has 0 aliphatic carbocycles. The van der Waals surface area contributed by atoms with Crippen molar-refractivity contribution >= 4 is 17.3 Å². The van der Waals surface area contributed by atoms with E-state index in [9.17, 15) is 22.8 Å². The van der Waals surface area contributed by atoms with Gasteiger partial charge in [-0.2, -0.15) is 18.3 Å². The summed E-state index contributed by atoms with van der Waals surface area (Å²) in [5, 5.41) is 8.66. The first-order valence-electron chi connectivity index (χ1n) is 9.56. The van der Waals surface area contributed by atoms with Crippen LogP contribution in [0.4, 0.5) is 18.9 Å². The number of anilines is 1. The fourth-order valence-electron chi connectivity index (χ4n) is 4.02. The molecule has 0 unspecified atom stereocenters. The van der Waals surface area contributed by atoms with Gasteiger partial charge in [-0.15, -0.1) is 0 Å². The number of halogens is 4. The van der Waals surface area contributed by atoms with Crippen molar-refractivity contribution < 1.29 is 13.2 Å². The van der Waals surface area contributed by atoms with Gasteiger partial charge in [-0.3, -0.25) is 19.4 Å². The number of hydrogen-bond acceptors (Lipinski definition) is 4. The van der Waals surface area contributed by atoms with E-state index in [0.717, 1.165) is 6.07 Å². The van der Waals surface area contributed by atoms with Gasteiger partial charge in [-0.05, 0) is 25.5 Å². The van der Waals surface area contributed by atoms with Crippen molar-refractivity contribution in [3.05, 3.63) is 78.1 Å². The zero-order valence-corrected chi connectivity index (χ0v) is 17.4. The fourth-order valence-corrected chi connectivity index (χ4v) is 4.23. The highest BCUT2D eigenvalue weighted by Crippen LogP contribution is 2.37. The van der Waals surface area contributed by atoms with Crippen LogP contribution in [0.25, 0.3) is 0 Å². The van der Waals surface area contributed by atoms with Gasteiger partial charge in [0.05, 0.1) is 35.6 Å². The molecule has 1 aliphatic rings. The van der Waals surface area contributed by atoms with E-state index in [-0.39, 0.29) is 22.7 Å². The van der Waals surface area contributed by atoms with Gasteiger partial charge in [0.1, 0.15) is 5.02 Å². The molecule has 0 amide bonds. The Hall–Kier alpha value is -3.01. The van der Waals surface area contributed by atoms with Gasteiger partial charge < -0.3 is 4.90 Å². The molecule has 1 atom stereocenters. The highest BCUT2D eigenvalue weighted by atomic mass is 35.5. The highest BCUT2D eigenvalue weighted by molar-refractivity contribution is 6.33. The zero-order chi connectivity index (χ0) is 22.5. The predicted molar refractivity (Wildman–Crippen MR) is 110 cm³/mol. The minimum Gasteiger partial charge on any atom is -0.364 e. The molecule has 0 fully saturated rings. The van der Waals surface area contributed by atoms with Crippen LogP contribution in [0, 0.1) is 6.92 Å². The van der Waals surface area contributed by atoms with Gasteiger partial charge in [-0.25, -0.2) is 5.10 Å². The summed E-state index contributed by atoms with van der Waals surface area (Å²) in [6, 6.07) is 3.46. The Labute approximate surface area is 179 Å². The summed E-state index contributed by atoms with van der Waals surface area (Å²) in [7, 11) is 0. The summed E-state index contributed by atoms with van der Waals surface area (Å²) >= 11 is 6.08. The second-order valence-electron chi connectivity index (χ2n) is 7.57. The topological polar surface area (TPSA) is 86.8 Å². The molecule has 1 aliphatic heterocycles. The number of fused-ring (bicyclic) bond motifs is 1. The molecule has 1 aromatic carbocycles. The summed E-state index contributed by atoms with van der Waals surface area (Å²) in [5.41, 5.74) is 0.398. The fraction of sp³-hybridized carbons (Fsp3) is 0.350. The lowest BCUT2D eigenvalue weighted by Crippen LogP contribution is -2.34. The van der Waals surface area contributed by atoms with E-state index in [2.05, 4.69) is 15.3 Å². The normalized spacial score (nSPS) is 15.1. The Morgan fingerprint density at radius 3 is 2.68 bits per heavy atom. The largest absolute Gasteiger partial charge is 0.416 e. The van der Waals surface area contributed by atoms with Gasteiger partial charge in [0.2, 0.25) is 0 Å². The molecule has 4 rings (SSSR count). The Bertz CT molecular complexity index is 1260.